The number of aryl methyl sites for hydroxylation is 2. The van der Waals surface area contributed by atoms with Gasteiger partial charge in [-0.3, -0.25) is 4.79 Å². The maximum absolute atomic E-state index is 13.0. The van der Waals surface area contributed by atoms with E-state index in [-0.39, 0.29) is 29.6 Å². The number of halogens is 2. The molecule has 0 aliphatic heterocycles. The fraction of sp³-hybridized carbons (Fsp3) is 0.333. The number of H-pyrrole nitrogens is 1. The number of carbonyl (C=O) groups excluding carboxylic acids is 3. The van der Waals surface area contributed by atoms with E-state index in [1.807, 2.05) is 18.2 Å². The highest BCUT2D eigenvalue weighted by Crippen LogP contribution is 2.25. The summed E-state index contributed by atoms with van der Waals surface area (Å²) in [6.07, 6.45) is -1.14. The molecule has 0 aliphatic carbocycles. The zero-order valence-electron chi connectivity index (χ0n) is 19.5. The van der Waals surface area contributed by atoms with Gasteiger partial charge in [-0.05, 0) is 51.8 Å². The van der Waals surface area contributed by atoms with E-state index in [0.29, 0.717) is 27.5 Å². The summed E-state index contributed by atoms with van der Waals surface area (Å²) in [5.74, 6) is -1.78. The molecule has 34 heavy (non-hydrogen) atoms. The van der Waals surface area contributed by atoms with Crippen LogP contribution >= 0.6 is 23.2 Å². The third-order valence-electron chi connectivity index (χ3n) is 5.36. The van der Waals surface area contributed by atoms with E-state index in [2.05, 4.69) is 10.1 Å². The van der Waals surface area contributed by atoms with Crippen molar-refractivity contribution in [3.05, 3.63) is 73.8 Å². The molecule has 180 valence electrons. The van der Waals surface area contributed by atoms with Crippen molar-refractivity contribution in [3.8, 4) is 0 Å². The van der Waals surface area contributed by atoms with Crippen LogP contribution in [0.5, 0.6) is 0 Å². The first-order valence-electron chi connectivity index (χ1n) is 10.6. The molecule has 0 fully saturated rings. The summed E-state index contributed by atoms with van der Waals surface area (Å²) in [6.45, 7) is 8.57. The van der Waals surface area contributed by atoms with E-state index in [1.165, 1.54) is 11.6 Å². The van der Waals surface area contributed by atoms with Gasteiger partial charge in [0.2, 0.25) is 5.78 Å². The van der Waals surface area contributed by atoms with Crippen molar-refractivity contribution in [2.45, 2.75) is 47.3 Å². The Hall–Kier alpha value is -3.10. The van der Waals surface area contributed by atoms with E-state index >= 15 is 0 Å². The Labute approximate surface area is 207 Å². The molecule has 0 amide bonds. The molecular weight excluding hydrogens is 481 g/mol. The maximum Gasteiger partial charge on any atom is 0.343 e. The number of hydrogen-bond acceptors (Lipinski definition) is 6. The summed E-state index contributed by atoms with van der Waals surface area (Å²) in [4.78, 5) is 41.0. The van der Waals surface area contributed by atoms with Crippen molar-refractivity contribution in [1.29, 1.82) is 0 Å². The quantitative estimate of drug-likeness (QED) is 0.337. The van der Waals surface area contributed by atoms with Gasteiger partial charge >= 0.3 is 11.9 Å². The summed E-state index contributed by atoms with van der Waals surface area (Å²) in [7, 11) is 0. The zero-order chi connectivity index (χ0) is 25.2. The Balaban J connectivity index is 1.79. The molecule has 8 nitrogen and oxygen atoms in total. The summed E-state index contributed by atoms with van der Waals surface area (Å²) in [5.41, 5.74) is 2.62. The molecule has 0 saturated carbocycles. The molecule has 1 atom stereocenters. The van der Waals surface area contributed by atoms with Crippen molar-refractivity contribution in [2.75, 3.05) is 6.61 Å². The number of nitrogens with zero attached hydrogens (tertiary/aromatic N) is 2. The lowest BCUT2D eigenvalue weighted by atomic mass is 10.1. The van der Waals surface area contributed by atoms with Crippen LogP contribution in [0.2, 0.25) is 10.2 Å². The number of nitrogens with one attached hydrogen (secondary N) is 1. The molecule has 3 aromatic rings. The summed E-state index contributed by atoms with van der Waals surface area (Å²) < 4.78 is 11.9. The van der Waals surface area contributed by atoms with Crippen molar-refractivity contribution < 1.29 is 23.9 Å². The second-order valence-electron chi connectivity index (χ2n) is 7.76. The minimum Gasteiger partial charge on any atom is -0.462 e. The summed E-state index contributed by atoms with van der Waals surface area (Å²) in [5, 5.41) is 4.96. The van der Waals surface area contributed by atoms with Crippen LogP contribution in [0.3, 0.4) is 0 Å². The molecule has 0 aliphatic rings. The van der Waals surface area contributed by atoms with Crippen LogP contribution in [0, 0.1) is 20.8 Å². The van der Waals surface area contributed by atoms with Crippen LogP contribution in [-0.4, -0.2) is 45.2 Å². The Kier molecular flexibility index (Phi) is 7.84. The Morgan fingerprint density at radius 3 is 2.41 bits per heavy atom. The van der Waals surface area contributed by atoms with Gasteiger partial charge in [-0.25, -0.2) is 14.3 Å². The highest BCUT2D eigenvalue weighted by molar-refractivity contribution is 6.33. The number of benzene rings is 1. The molecule has 0 unspecified atom stereocenters. The van der Waals surface area contributed by atoms with Crippen molar-refractivity contribution in [3.63, 3.8) is 0 Å². The molecule has 0 radical (unpaired) electrons. The molecule has 10 heteroatoms. The fourth-order valence-corrected chi connectivity index (χ4v) is 4.17. The third kappa shape index (κ3) is 5.03. The van der Waals surface area contributed by atoms with Crippen LogP contribution in [-0.2, 0) is 16.0 Å². The smallest absolute Gasteiger partial charge is 0.343 e. The van der Waals surface area contributed by atoms with E-state index in [1.54, 1.807) is 33.8 Å². The molecule has 3 rings (SSSR count). The Morgan fingerprint density at radius 2 is 1.76 bits per heavy atom. The van der Waals surface area contributed by atoms with Gasteiger partial charge in [-0.15, -0.1) is 0 Å². The van der Waals surface area contributed by atoms with Crippen molar-refractivity contribution >= 4 is 40.9 Å². The number of hydrogen-bond donors (Lipinski definition) is 1. The number of aromatic amines is 1. The van der Waals surface area contributed by atoms with Gasteiger partial charge < -0.3 is 14.5 Å². The van der Waals surface area contributed by atoms with Gasteiger partial charge in [0, 0.05) is 10.7 Å². The van der Waals surface area contributed by atoms with Crippen LogP contribution in [0.1, 0.15) is 67.6 Å². The van der Waals surface area contributed by atoms with E-state index in [4.69, 9.17) is 32.7 Å². The number of carbonyl (C=O) groups is 3. The minimum atomic E-state index is -1.14. The predicted octanol–water partition coefficient (Wildman–Crippen LogP) is 5.10. The number of Topliss-reactive ketones (excluding diaryl/α,β-unsaturated/α-hetero) is 1. The second-order valence-corrected chi connectivity index (χ2v) is 8.52. The fourth-order valence-electron chi connectivity index (χ4n) is 3.66. The highest BCUT2D eigenvalue weighted by Gasteiger charge is 2.30. The Bertz CT molecular complexity index is 1260. The van der Waals surface area contributed by atoms with Crippen molar-refractivity contribution in [1.82, 2.24) is 14.8 Å². The largest absolute Gasteiger partial charge is 0.462 e. The molecule has 0 saturated heterocycles. The number of esters is 2. The van der Waals surface area contributed by atoms with Crippen LogP contribution in [0.25, 0.3) is 0 Å². The molecule has 0 spiro atoms. The first-order chi connectivity index (χ1) is 16.1. The lowest BCUT2D eigenvalue weighted by Gasteiger charge is -2.12. The standard InChI is InChI=1S/C24H25Cl2N3O5/c1-6-33-23(31)18-12(2)20(27-13(18)3)21(30)15(5)34-24(32)19-14(4)28-29(22(19)26)11-16-9-7-8-10-17(16)25/h7-10,15,27H,6,11H2,1-5H3/t15-/m1/s1. The predicted molar refractivity (Wildman–Crippen MR) is 128 cm³/mol. The number of rotatable bonds is 8. The topological polar surface area (TPSA) is 103 Å². The molecule has 0 bridgehead atoms. The van der Waals surface area contributed by atoms with Crippen molar-refractivity contribution in [2.24, 2.45) is 0 Å². The van der Waals surface area contributed by atoms with E-state index in [9.17, 15) is 14.4 Å². The first kappa shape index (κ1) is 25.5. The second kappa shape index (κ2) is 10.4. The Morgan fingerprint density at radius 1 is 1.09 bits per heavy atom. The monoisotopic (exact) mass is 505 g/mol. The lowest BCUT2D eigenvalue weighted by molar-refractivity contribution is 0.0316. The molecule has 1 aromatic carbocycles. The first-order valence-corrected chi connectivity index (χ1v) is 11.4. The average Bonchev–Trinajstić information content (AvgIpc) is 3.23. The van der Waals surface area contributed by atoms with Gasteiger partial charge in [-0.2, -0.15) is 5.10 Å². The highest BCUT2D eigenvalue weighted by atomic mass is 35.5. The maximum atomic E-state index is 13.0. The van der Waals surface area contributed by atoms with Gasteiger partial charge in [0.25, 0.3) is 0 Å². The number of aromatic nitrogens is 3. The number of ketones is 1. The van der Waals surface area contributed by atoms with E-state index in [0.717, 1.165) is 5.56 Å². The van der Waals surface area contributed by atoms with Crippen LogP contribution in [0.4, 0.5) is 0 Å². The van der Waals surface area contributed by atoms with Gasteiger partial charge in [0.05, 0.1) is 30.1 Å². The van der Waals surface area contributed by atoms with Gasteiger partial charge in [0.15, 0.2) is 6.10 Å². The molecule has 2 heterocycles. The van der Waals surface area contributed by atoms with Gasteiger partial charge in [-0.1, -0.05) is 41.4 Å². The molecular formula is C24H25Cl2N3O5. The number of ether oxygens (including phenoxy) is 2. The normalized spacial score (nSPS) is 11.9. The zero-order valence-corrected chi connectivity index (χ0v) is 21.0. The van der Waals surface area contributed by atoms with E-state index < -0.39 is 23.8 Å². The van der Waals surface area contributed by atoms with Gasteiger partial charge in [0.1, 0.15) is 10.7 Å². The average molecular weight is 506 g/mol. The molecule has 1 N–H and O–H groups in total. The molecule has 2 aromatic heterocycles. The minimum absolute atomic E-state index is 0.0694. The third-order valence-corrected chi connectivity index (χ3v) is 6.12. The summed E-state index contributed by atoms with van der Waals surface area (Å²) in [6, 6.07) is 7.23. The van der Waals surface area contributed by atoms with Crippen LogP contribution in [0.15, 0.2) is 24.3 Å². The summed E-state index contributed by atoms with van der Waals surface area (Å²) >= 11 is 12.6. The van der Waals surface area contributed by atoms with Crippen LogP contribution < -0.4 is 0 Å². The SMILES string of the molecule is CCOC(=O)c1c(C)[nH]c(C(=O)[C@@H](C)OC(=O)c2c(C)nn(Cc3ccccc3Cl)c2Cl)c1C. The lowest BCUT2D eigenvalue weighted by Crippen LogP contribution is -2.25.